The second-order valence-corrected chi connectivity index (χ2v) is 5.24. The molecule has 0 fully saturated rings. The number of nitrogens with one attached hydrogen (secondary N) is 1. The topological polar surface area (TPSA) is 15.3 Å². The van der Waals surface area contributed by atoms with Crippen molar-refractivity contribution in [2.24, 2.45) is 0 Å². The molecule has 2 rings (SSSR count). The first kappa shape index (κ1) is 13.2. The summed E-state index contributed by atoms with van der Waals surface area (Å²) in [6.45, 7) is 0. The summed E-state index contributed by atoms with van der Waals surface area (Å²) < 4.78 is 0. The molecule has 0 saturated carbocycles. The molecule has 0 spiro atoms. The van der Waals surface area contributed by atoms with Crippen molar-refractivity contribution >= 4 is 5.69 Å². The van der Waals surface area contributed by atoms with E-state index in [0.29, 0.717) is 6.04 Å². The Hall–Kier alpha value is -1.28. The van der Waals surface area contributed by atoms with Gasteiger partial charge in [-0.1, -0.05) is 23.8 Å². The van der Waals surface area contributed by atoms with Crippen LogP contribution in [0.25, 0.3) is 0 Å². The molecule has 1 aromatic carbocycles. The van der Waals surface area contributed by atoms with Gasteiger partial charge in [0.2, 0.25) is 0 Å². The maximum absolute atomic E-state index is 3.47. The Labute approximate surface area is 111 Å². The summed E-state index contributed by atoms with van der Waals surface area (Å²) in [5.74, 6) is 0. The molecule has 0 aromatic heterocycles. The fraction of sp³-hybridized carbons (Fsp3) is 0.500. The lowest BCUT2D eigenvalue weighted by molar-refractivity contribution is 0.593. The van der Waals surface area contributed by atoms with Crippen molar-refractivity contribution in [3.05, 3.63) is 41.5 Å². The number of likely N-dealkylation sites (N-methyl/N-ethyl adjacent to an activating group) is 1. The highest BCUT2D eigenvalue weighted by atomic mass is 15.1. The Morgan fingerprint density at radius 2 is 2.06 bits per heavy atom. The molecule has 1 aromatic rings. The first-order chi connectivity index (χ1) is 8.72. The van der Waals surface area contributed by atoms with Crippen LogP contribution in [0.3, 0.4) is 0 Å². The third-order valence-electron chi connectivity index (χ3n) is 3.71. The fourth-order valence-corrected chi connectivity index (χ4v) is 2.67. The number of benzene rings is 1. The number of rotatable bonds is 4. The molecule has 2 heteroatoms. The lowest BCUT2D eigenvalue weighted by Crippen LogP contribution is -2.20. The predicted octanol–water partition coefficient (Wildman–Crippen LogP) is 3.51. The quantitative estimate of drug-likeness (QED) is 0.815. The monoisotopic (exact) mass is 244 g/mol. The van der Waals surface area contributed by atoms with Crippen LogP contribution in [0.2, 0.25) is 0 Å². The van der Waals surface area contributed by atoms with Crippen molar-refractivity contribution in [1.29, 1.82) is 0 Å². The number of anilines is 1. The van der Waals surface area contributed by atoms with Crippen LogP contribution in [-0.4, -0.2) is 21.1 Å². The van der Waals surface area contributed by atoms with Crippen molar-refractivity contribution in [3.63, 3.8) is 0 Å². The Morgan fingerprint density at radius 3 is 2.67 bits per heavy atom. The molecule has 0 aliphatic heterocycles. The van der Waals surface area contributed by atoms with E-state index in [2.05, 4.69) is 61.7 Å². The summed E-state index contributed by atoms with van der Waals surface area (Å²) >= 11 is 0. The molecule has 0 heterocycles. The first-order valence-electron chi connectivity index (χ1n) is 6.86. The van der Waals surface area contributed by atoms with Gasteiger partial charge in [-0.2, -0.15) is 0 Å². The standard InChI is InChI=1S/C16H24N2/c1-17-16(13-8-5-4-6-9-13)14-10-7-11-15(12-14)18(2)3/h7-8,10-12,16-17H,4-6,9H2,1-3H3. The van der Waals surface area contributed by atoms with E-state index in [1.165, 1.54) is 36.9 Å². The van der Waals surface area contributed by atoms with Crippen molar-refractivity contribution in [2.75, 3.05) is 26.0 Å². The molecule has 1 unspecified atom stereocenters. The highest BCUT2D eigenvalue weighted by Crippen LogP contribution is 2.30. The average Bonchev–Trinajstić information content (AvgIpc) is 2.41. The molecule has 0 radical (unpaired) electrons. The molecule has 2 nitrogen and oxygen atoms in total. The smallest absolute Gasteiger partial charge is 0.0534 e. The van der Waals surface area contributed by atoms with E-state index in [1.54, 1.807) is 5.57 Å². The second-order valence-electron chi connectivity index (χ2n) is 5.24. The molecule has 18 heavy (non-hydrogen) atoms. The van der Waals surface area contributed by atoms with E-state index in [-0.39, 0.29) is 0 Å². The second kappa shape index (κ2) is 6.05. The minimum absolute atomic E-state index is 0.380. The van der Waals surface area contributed by atoms with Gasteiger partial charge in [-0.3, -0.25) is 0 Å². The van der Waals surface area contributed by atoms with E-state index >= 15 is 0 Å². The number of allylic oxidation sites excluding steroid dienone is 1. The summed E-state index contributed by atoms with van der Waals surface area (Å²) in [4.78, 5) is 2.16. The van der Waals surface area contributed by atoms with Crippen LogP contribution in [-0.2, 0) is 0 Å². The molecule has 1 atom stereocenters. The van der Waals surface area contributed by atoms with Crippen molar-refractivity contribution < 1.29 is 0 Å². The zero-order valence-electron chi connectivity index (χ0n) is 11.7. The fourth-order valence-electron chi connectivity index (χ4n) is 2.67. The van der Waals surface area contributed by atoms with Crippen molar-refractivity contribution in [1.82, 2.24) is 5.32 Å². The average molecular weight is 244 g/mol. The van der Waals surface area contributed by atoms with Gasteiger partial charge in [-0.15, -0.1) is 0 Å². The van der Waals surface area contributed by atoms with Crippen LogP contribution < -0.4 is 10.2 Å². The SMILES string of the molecule is CNC(C1=CCCCC1)c1cccc(N(C)C)c1. The first-order valence-corrected chi connectivity index (χ1v) is 6.86. The zero-order chi connectivity index (χ0) is 13.0. The van der Waals surface area contributed by atoms with Gasteiger partial charge in [-0.05, 0) is 50.4 Å². The van der Waals surface area contributed by atoms with Crippen LogP contribution in [0.1, 0.15) is 37.3 Å². The summed E-state index contributed by atoms with van der Waals surface area (Å²) in [7, 11) is 6.24. The van der Waals surface area contributed by atoms with Crippen LogP contribution in [0.4, 0.5) is 5.69 Å². The van der Waals surface area contributed by atoms with Gasteiger partial charge in [0.1, 0.15) is 0 Å². The Bertz CT molecular complexity index is 421. The summed E-state index contributed by atoms with van der Waals surface area (Å²) in [6.07, 6.45) is 7.57. The van der Waals surface area contributed by atoms with Gasteiger partial charge >= 0.3 is 0 Å². The number of nitrogens with zero attached hydrogens (tertiary/aromatic N) is 1. The molecule has 98 valence electrons. The normalized spacial score (nSPS) is 17.2. The lowest BCUT2D eigenvalue weighted by atomic mass is 9.90. The van der Waals surface area contributed by atoms with Gasteiger partial charge < -0.3 is 10.2 Å². The third-order valence-corrected chi connectivity index (χ3v) is 3.71. The Balaban J connectivity index is 2.26. The van der Waals surface area contributed by atoms with E-state index in [0.717, 1.165) is 0 Å². The zero-order valence-corrected chi connectivity index (χ0v) is 11.7. The molecule has 1 aliphatic carbocycles. The molecule has 1 aliphatic rings. The maximum Gasteiger partial charge on any atom is 0.0534 e. The van der Waals surface area contributed by atoms with E-state index in [9.17, 15) is 0 Å². The van der Waals surface area contributed by atoms with Gasteiger partial charge in [0.25, 0.3) is 0 Å². The number of hydrogen-bond acceptors (Lipinski definition) is 2. The van der Waals surface area contributed by atoms with Gasteiger partial charge in [0, 0.05) is 19.8 Å². The Morgan fingerprint density at radius 1 is 1.22 bits per heavy atom. The molecule has 0 amide bonds. The summed E-state index contributed by atoms with van der Waals surface area (Å²) in [6, 6.07) is 9.20. The minimum Gasteiger partial charge on any atom is -0.378 e. The van der Waals surface area contributed by atoms with Gasteiger partial charge in [-0.25, -0.2) is 0 Å². The van der Waals surface area contributed by atoms with Crippen LogP contribution in [0.5, 0.6) is 0 Å². The molecular weight excluding hydrogens is 220 g/mol. The third kappa shape index (κ3) is 2.94. The molecular formula is C16H24N2. The highest BCUT2D eigenvalue weighted by Gasteiger charge is 2.16. The molecule has 0 saturated heterocycles. The van der Waals surface area contributed by atoms with Crippen LogP contribution in [0, 0.1) is 0 Å². The van der Waals surface area contributed by atoms with Crippen molar-refractivity contribution in [2.45, 2.75) is 31.7 Å². The highest BCUT2D eigenvalue weighted by molar-refractivity contribution is 5.49. The predicted molar refractivity (Wildman–Crippen MR) is 79.1 cm³/mol. The minimum atomic E-state index is 0.380. The summed E-state index contributed by atoms with van der Waals surface area (Å²) in [5.41, 5.74) is 4.20. The van der Waals surface area contributed by atoms with E-state index in [4.69, 9.17) is 0 Å². The molecule has 1 N–H and O–H groups in total. The maximum atomic E-state index is 3.47. The van der Waals surface area contributed by atoms with Gasteiger partial charge in [0.05, 0.1) is 6.04 Å². The Kier molecular flexibility index (Phi) is 4.43. The largest absolute Gasteiger partial charge is 0.378 e. The van der Waals surface area contributed by atoms with Crippen LogP contribution >= 0.6 is 0 Å². The summed E-state index contributed by atoms with van der Waals surface area (Å²) in [5, 5.41) is 3.47. The van der Waals surface area contributed by atoms with Crippen molar-refractivity contribution in [3.8, 4) is 0 Å². The lowest BCUT2D eigenvalue weighted by Gasteiger charge is -2.24. The van der Waals surface area contributed by atoms with E-state index in [1.807, 2.05) is 0 Å². The van der Waals surface area contributed by atoms with Gasteiger partial charge in [0.15, 0.2) is 0 Å². The van der Waals surface area contributed by atoms with E-state index < -0.39 is 0 Å². The molecule has 0 bridgehead atoms. The number of hydrogen-bond donors (Lipinski definition) is 1. The van der Waals surface area contributed by atoms with Crippen LogP contribution in [0.15, 0.2) is 35.9 Å².